The van der Waals surface area contributed by atoms with Gasteiger partial charge in [0.25, 0.3) is 0 Å². The molecule has 94 valence electrons. The van der Waals surface area contributed by atoms with E-state index in [1.165, 1.54) is 0 Å². The molecule has 5 nitrogen and oxygen atoms in total. The lowest BCUT2D eigenvalue weighted by molar-refractivity contribution is 0.332. The minimum atomic E-state index is 0.597. The summed E-state index contributed by atoms with van der Waals surface area (Å²) in [5, 5.41) is 15.8. The Hall–Kier alpha value is -1.58. The van der Waals surface area contributed by atoms with E-state index in [9.17, 15) is 5.26 Å². The van der Waals surface area contributed by atoms with Crippen molar-refractivity contribution in [1.29, 1.82) is 5.26 Å². The van der Waals surface area contributed by atoms with E-state index in [0.29, 0.717) is 6.67 Å². The van der Waals surface area contributed by atoms with Crippen LogP contribution in [0.5, 0.6) is 0 Å². The molecule has 1 aromatic heterocycles. The predicted molar refractivity (Wildman–Crippen MR) is 73.4 cm³/mol. The number of nitrogens with zero attached hydrogens (tertiary/aromatic N) is 3. The summed E-state index contributed by atoms with van der Waals surface area (Å²) in [6.45, 7) is 3.38. The molecular formula is C12H15N5S. The molecule has 0 amide bonds. The molecule has 0 aliphatic carbocycles. The van der Waals surface area contributed by atoms with Crippen molar-refractivity contribution in [3.63, 3.8) is 0 Å². The second kappa shape index (κ2) is 4.26. The minimum absolute atomic E-state index is 0.597. The molecule has 0 aromatic carbocycles. The molecule has 2 aliphatic rings. The van der Waals surface area contributed by atoms with Gasteiger partial charge in [0, 0.05) is 13.1 Å². The maximum Gasteiger partial charge on any atom is 0.126 e. The Labute approximate surface area is 111 Å². The molecule has 1 aromatic rings. The average molecular weight is 261 g/mol. The number of thiocarbonyl (C=S) groups is 1. The maximum absolute atomic E-state index is 9.42. The first-order valence-corrected chi connectivity index (χ1v) is 6.49. The minimum Gasteiger partial charge on any atom is -0.365 e. The van der Waals surface area contributed by atoms with E-state index in [2.05, 4.69) is 33.2 Å². The highest BCUT2D eigenvalue weighted by molar-refractivity contribution is 7.80. The summed E-state index contributed by atoms with van der Waals surface area (Å²) >= 11 is 5.39. The molecule has 0 spiro atoms. The Morgan fingerprint density at radius 2 is 2.17 bits per heavy atom. The standard InChI is InChI=1S/C12H15N5S/c1-16-3-2-4-17-9(6-16)8(5-13)10-11(17)12(18)15-7-14-10/h14H,2-4,6-7H2,1H3,(H,15,18). The van der Waals surface area contributed by atoms with Crippen molar-refractivity contribution < 1.29 is 0 Å². The second-order valence-electron chi connectivity index (χ2n) is 4.76. The third kappa shape index (κ3) is 1.59. The lowest BCUT2D eigenvalue weighted by atomic mass is 10.2. The van der Waals surface area contributed by atoms with Crippen LogP contribution >= 0.6 is 12.2 Å². The maximum atomic E-state index is 9.42. The highest BCUT2D eigenvalue weighted by Gasteiger charge is 2.29. The Morgan fingerprint density at radius 3 is 2.94 bits per heavy atom. The van der Waals surface area contributed by atoms with Gasteiger partial charge in [-0.2, -0.15) is 5.26 Å². The van der Waals surface area contributed by atoms with Crippen LogP contribution in [0, 0.1) is 11.3 Å². The molecule has 2 aliphatic heterocycles. The summed E-state index contributed by atoms with van der Waals surface area (Å²) in [7, 11) is 2.09. The fraction of sp³-hybridized carbons (Fsp3) is 0.500. The van der Waals surface area contributed by atoms with Gasteiger partial charge in [0.15, 0.2) is 0 Å². The van der Waals surface area contributed by atoms with E-state index < -0.39 is 0 Å². The van der Waals surface area contributed by atoms with Crippen LogP contribution in [0.25, 0.3) is 0 Å². The lowest BCUT2D eigenvalue weighted by Gasteiger charge is -2.20. The fourth-order valence-corrected chi connectivity index (χ4v) is 3.02. The van der Waals surface area contributed by atoms with Crippen LogP contribution in [0.1, 0.15) is 23.4 Å². The van der Waals surface area contributed by atoms with Gasteiger partial charge in [0.05, 0.1) is 23.6 Å². The largest absolute Gasteiger partial charge is 0.365 e. The van der Waals surface area contributed by atoms with Gasteiger partial charge in [-0.25, -0.2) is 0 Å². The lowest BCUT2D eigenvalue weighted by Crippen LogP contribution is -2.35. The molecule has 18 heavy (non-hydrogen) atoms. The molecule has 0 atom stereocenters. The van der Waals surface area contributed by atoms with Crippen molar-refractivity contribution >= 4 is 22.9 Å². The third-order valence-corrected chi connectivity index (χ3v) is 3.89. The number of fused-ring (bicyclic) bond motifs is 3. The molecule has 0 saturated heterocycles. The number of rotatable bonds is 0. The smallest absolute Gasteiger partial charge is 0.126 e. The van der Waals surface area contributed by atoms with E-state index >= 15 is 0 Å². The van der Waals surface area contributed by atoms with E-state index in [4.69, 9.17) is 12.2 Å². The van der Waals surface area contributed by atoms with Crippen LogP contribution in [-0.4, -0.2) is 34.7 Å². The van der Waals surface area contributed by atoms with E-state index in [1.54, 1.807) is 0 Å². The van der Waals surface area contributed by atoms with Crippen LogP contribution in [0.4, 0.5) is 5.69 Å². The average Bonchev–Trinajstić information content (AvgIpc) is 2.51. The molecule has 0 unspecified atom stereocenters. The Kier molecular flexibility index (Phi) is 2.73. The molecule has 3 rings (SSSR count). The normalized spacial score (nSPS) is 19.0. The Bertz CT molecular complexity index is 554. The van der Waals surface area contributed by atoms with Crippen LogP contribution < -0.4 is 10.6 Å². The van der Waals surface area contributed by atoms with Crippen LogP contribution in [-0.2, 0) is 13.1 Å². The highest BCUT2D eigenvalue weighted by atomic mass is 32.1. The molecule has 0 bridgehead atoms. The van der Waals surface area contributed by atoms with Crippen LogP contribution in [0.15, 0.2) is 0 Å². The van der Waals surface area contributed by atoms with Crippen molar-refractivity contribution in [2.24, 2.45) is 0 Å². The van der Waals surface area contributed by atoms with E-state index in [-0.39, 0.29) is 0 Å². The van der Waals surface area contributed by atoms with Gasteiger partial charge >= 0.3 is 0 Å². The van der Waals surface area contributed by atoms with Gasteiger partial charge in [-0.1, -0.05) is 12.2 Å². The quantitative estimate of drug-likeness (QED) is 0.678. The zero-order valence-electron chi connectivity index (χ0n) is 10.3. The van der Waals surface area contributed by atoms with Gasteiger partial charge in [-0.05, 0) is 20.0 Å². The van der Waals surface area contributed by atoms with Gasteiger partial charge in [-0.3, -0.25) is 0 Å². The first kappa shape index (κ1) is 11.5. The Balaban J connectivity index is 2.22. The first-order valence-electron chi connectivity index (χ1n) is 6.08. The van der Waals surface area contributed by atoms with Crippen molar-refractivity contribution in [3.05, 3.63) is 17.0 Å². The molecule has 6 heteroatoms. The number of anilines is 1. The van der Waals surface area contributed by atoms with Crippen molar-refractivity contribution in [2.75, 3.05) is 25.6 Å². The second-order valence-corrected chi connectivity index (χ2v) is 5.17. The van der Waals surface area contributed by atoms with E-state index in [1.807, 2.05) is 0 Å². The molecule has 0 saturated carbocycles. The molecule has 0 radical (unpaired) electrons. The highest BCUT2D eigenvalue weighted by Crippen LogP contribution is 2.32. The van der Waals surface area contributed by atoms with Crippen LogP contribution in [0.3, 0.4) is 0 Å². The van der Waals surface area contributed by atoms with Gasteiger partial charge < -0.3 is 20.1 Å². The number of aromatic nitrogens is 1. The Morgan fingerprint density at radius 1 is 1.33 bits per heavy atom. The summed E-state index contributed by atoms with van der Waals surface area (Å²) in [6.07, 6.45) is 1.08. The van der Waals surface area contributed by atoms with Crippen molar-refractivity contribution in [1.82, 2.24) is 14.8 Å². The van der Waals surface area contributed by atoms with Gasteiger partial charge in [0.1, 0.15) is 16.8 Å². The SMILES string of the molecule is CN1CCCn2c(c(C#N)c3c2C(=S)NCN3)C1. The number of nitriles is 1. The number of hydrogen-bond acceptors (Lipinski definition) is 4. The van der Waals surface area contributed by atoms with Crippen LogP contribution in [0.2, 0.25) is 0 Å². The molecule has 0 fully saturated rings. The summed E-state index contributed by atoms with van der Waals surface area (Å²) in [4.78, 5) is 3.00. The monoisotopic (exact) mass is 261 g/mol. The molecular weight excluding hydrogens is 246 g/mol. The predicted octanol–water partition coefficient (Wildman–Crippen LogP) is 0.843. The summed E-state index contributed by atoms with van der Waals surface area (Å²) in [6, 6.07) is 2.33. The summed E-state index contributed by atoms with van der Waals surface area (Å²) < 4.78 is 2.21. The third-order valence-electron chi connectivity index (χ3n) is 3.55. The zero-order valence-corrected chi connectivity index (χ0v) is 11.1. The number of hydrogen-bond donors (Lipinski definition) is 2. The van der Waals surface area contributed by atoms with E-state index in [0.717, 1.165) is 53.7 Å². The van der Waals surface area contributed by atoms with Gasteiger partial charge in [0.2, 0.25) is 0 Å². The summed E-state index contributed by atoms with van der Waals surface area (Å²) in [5.74, 6) is 0. The molecule has 3 heterocycles. The molecule has 2 N–H and O–H groups in total. The van der Waals surface area contributed by atoms with Crippen molar-refractivity contribution in [2.45, 2.75) is 19.5 Å². The van der Waals surface area contributed by atoms with Crippen molar-refractivity contribution in [3.8, 4) is 6.07 Å². The van der Waals surface area contributed by atoms with Gasteiger partial charge in [-0.15, -0.1) is 0 Å². The summed E-state index contributed by atoms with van der Waals surface area (Å²) in [5.41, 5.74) is 3.73. The zero-order chi connectivity index (χ0) is 12.7. The number of nitrogens with one attached hydrogen (secondary N) is 2. The first-order chi connectivity index (χ1) is 8.72. The topological polar surface area (TPSA) is 56.0 Å². The fourth-order valence-electron chi connectivity index (χ4n) is 2.74.